The Kier molecular flexibility index (Phi) is 3.04. The van der Waals surface area contributed by atoms with Crippen LogP contribution in [0.4, 0.5) is 0 Å². The van der Waals surface area contributed by atoms with E-state index < -0.39 is 0 Å². The first-order chi connectivity index (χ1) is 9.61. The van der Waals surface area contributed by atoms with E-state index in [4.69, 9.17) is 0 Å². The molecule has 0 saturated heterocycles. The van der Waals surface area contributed by atoms with Gasteiger partial charge in [-0.05, 0) is 18.6 Å². The molecule has 5 nitrogen and oxygen atoms in total. The fourth-order valence-corrected chi connectivity index (χ4v) is 2.69. The molecule has 3 rings (SSSR count). The summed E-state index contributed by atoms with van der Waals surface area (Å²) >= 11 is 0. The van der Waals surface area contributed by atoms with Gasteiger partial charge in [0, 0.05) is 25.6 Å². The van der Waals surface area contributed by atoms with Crippen molar-refractivity contribution in [3.63, 3.8) is 0 Å². The highest BCUT2D eigenvalue weighted by Crippen LogP contribution is 2.16. The lowest BCUT2D eigenvalue weighted by Gasteiger charge is -2.27. The lowest BCUT2D eigenvalue weighted by Crippen LogP contribution is -2.39. The minimum absolute atomic E-state index is 0.0534. The molecule has 2 aromatic heterocycles. The molecule has 0 atom stereocenters. The second kappa shape index (κ2) is 4.74. The maximum atomic E-state index is 12.6. The highest BCUT2D eigenvalue weighted by Gasteiger charge is 2.24. The van der Waals surface area contributed by atoms with Crippen LogP contribution in [0.3, 0.4) is 0 Å². The van der Waals surface area contributed by atoms with Crippen molar-refractivity contribution >= 4 is 11.6 Å². The molecule has 0 aliphatic carbocycles. The Balaban J connectivity index is 2.16. The van der Waals surface area contributed by atoms with E-state index >= 15 is 0 Å². The SMILES string of the molecule is CCC(=O)N1CCc2nc3c(C)cccn3c(=O)c2C1. The van der Waals surface area contributed by atoms with Gasteiger partial charge in [-0.3, -0.25) is 14.0 Å². The molecule has 5 heteroatoms. The number of hydrogen-bond acceptors (Lipinski definition) is 3. The van der Waals surface area contributed by atoms with Crippen LogP contribution in [0.25, 0.3) is 5.65 Å². The quantitative estimate of drug-likeness (QED) is 0.785. The first-order valence-corrected chi connectivity index (χ1v) is 6.89. The van der Waals surface area contributed by atoms with Crippen LogP contribution in [0.5, 0.6) is 0 Å². The lowest BCUT2D eigenvalue weighted by molar-refractivity contribution is -0.131. The van der Waals surface area contributed by atoms with Crippen LogP contribution in [0.2, 0.25) is 0 Å². The van der Waals surface area contributed by atoms with Gasteiger partial charge >= 0.3 is 0 Å². The van der Waals surface area contributed by atoms with Crippen LogP contribution >= 0.6 is 0 Å². The molecule has 2 aromatic rings. The van der Waals surface area contributed by atoms with E-state index in [0.717, 1.165) is 11.3 Å². The van der Waals surface area contributed by atoms with Gasteiger partial charge in [-0.2, -0.15) is 0 Å². The standard InChI is InChI=1S/C15H17N3O2/c1-3-13(19)17-8-6-12-11(9-17)15(20)18-7-4-5-10(2)14(18)16-12/h4-5,7H,3,6,8-9H2,1-2H3. The summed E-state index contributed by atoms with van der Waals surface area (Å²) in [5.74, 6) is 0.0874. The normalized spacial score (nSPS) is 14.4. The smallest absolute Gasteiger partial charge is 0.263 e. The maximum absolute atomic E-state index is 12.6. The molecule has 3 heterocycles. The van der Waals surface area contributed by atoms with Crippen molar-refractivity contribution in [3.05, 3.63) is 45.5 Å². The van der Waals surface area contributed by atoms with Gasteiger partial charge in [0.2, 0.25) is 5.91 Å². The van der Waals surface area contributed by atoms with Gasteiger partial charge in [-0.1, -0.05) is 13.0 Å². The van der Waals surface area contributed by atoms with Crippen molar-refractivity contribution < 1.29 is 4.79 Å². The number of carbonyl (C=O) groups is 1. The molecule has 1 aliphatic heterocycles. The predicted molar refractivity (Wildman–Crippen MR) is 75.6 cm³/mol. The van der Waals surface area contributed by atoms with E-state index in [9.17, 15) is 9.59 Å². The molecule has 0 spiro atoms. The summed E-state index contributed by atoms with van der Waals surface area (Å²) in [5, 5.41) is 0. The Morgan fingerprint density at radius 1 is 1.45 bits per heavy atom. The summed E-state index contributed by atoms with van der Waals surface area (Å²) in [6, 6.07) is 3.79. The summed E-state index contributed by atoms with van der Waals surface area (Å²) in [4.78, 5) is 30.7. The first-order valence-electron chi connectivity index (χ1n) is 6.89. The van der Waals surface area contributed by atoms with Crippen LogP contribution in [0.15, 0.2) is 23.1 Å². The largest absolute Gasteiger partial charge is 0.338 e. The lowest BCUT2D eigenvalue weighted by atomic mass is 10.1. The molecular formula is C15H17N3O2. The van der Waals surface area contributed by atoms with Gasteiger partial charge in [-0.15, -0.1) is 0 Å². The maximum Gasteiger partial charge on any atom is 0.263 e. The fourth-order valence-electron chi connectivity index (χ4n) is 2.69. The zero-order valence-corrected chi connectivity index (χ0v) is 11.7. The van der Waals surface area contributed by atoms with Gasteiger partial charge in [0.25, 0.3) is 5.56 Å². The van der Waals surface area contributed by atoms with E-state index in [1.54, 1.807) is 15.5 Å². The van der Waals surface area contributed by atoms with Crippen LogP contribution in [0.1, 0.15) is 30.2 Å². The number of aryl methyl sites for hydroxylation is 1. The van der Waals surface area contributed by atoms with Crippen LogP contribution in [-0.4, -0.2) is 26.7 Å². The Hall–Kier alpha value is -2.17. The van der Waals surface area contributed by atoms with Gasteiger partial charge in [-0.25, -0.2) is 4.98 Å². The number of aromatic nitrogens is 2. The molecule has 0 unspecified atom stereocenters. The van der Waals surface area contributed by atoms with Gasteiger partial charge in [0.05, 0.1) is 17.8 Å². The second-order valence-corrected chi connectivity index (χ2v) is 5.15. The molecule has 0 saturated carbocycles. The van der Waals surface area contributed by atoms with Gasteiger partial charge in [0.1, 0.15) is 5.65 Å². The first kappa shape index (κ1) is 12.8. The summed E-state index contributed by atoms with van der Waals surface area (Å²) in [7, 11) is 0. The zero-order valence-electron chi connectivity index (χ0n) is 11.7. The van der Waals surface area contributed by atoms with E-state index in [1.807, 2.05) is 26.0 Å². The van der Waals surface area contributed by atoms with Crippen molar-refractivity contribution in [3.8, 4) is 0 Å². The molecule has 104 valence electrons. The molecule has 0 N–H and O–H groups in total. The topological polar surface area (TPSA) is 54.7 Å². The van der Waals surface area contributed by atoms with Crippen molar-refractivity contribution in [1.82, 2.24) is 14.3 Å². The third-order valence-electron chi connectivity index (χ3n) is 3.85. The molecule has 0 radical (unpaired) electrons. The van der Waals surface area contributed by atoms with E-state index in [2.05, 4.69) is 4.98 Å². The number of hydrogen-bond donors (Lipinski definition) is 0. The average molecular weight is 271 g/mol. The van der Waals surface area contributed by atoms with Gasteiger partial charge in [0.15, 0.2) is 0 Å². The number of rotatable bonds is 1. The number of amides is 1. The molecule has 0 fully saturated rings. The van der Waals surface area contributed by atoms with Crippen molar-refractivity contribution in [2.24, 2.45) is 0 Å². The summed E-state index contributed by atoms with van der Waals surface area (Å²) in [6.45, 7) is 4.81. The van der Waals surface area contributed by atoms with E-state index in [1.165, 1.54) is 0 Å². The molecule has 1 aliphatic rings. The number of nitrogens with zero attached hydrogens (tertiary/aromatic N) is 3. The van der Waals surface area contributed by atoms with Crippen molar-refractivity contribution in [1.29, 1.82) is 0 Å². The van der Waals surface area contributed by atoms with Crippen molar-refractivity contribution in [2.75, 3.05) is 6.54 Å². The number of fused-ring (bicyclic) bond motifs is 2. The third-order valence-corrected chi connectivity index (χ3v) is 3.85. The Bertz CT molecular complexity index is 749. The minimum atomic E-state index is -0.0534. The Labute approximate surface area is 116 Å². The molecule has 0 bridgehead atoms. The number of carbonyl (C=O) groups excluding carboxylic acids is 1. The highest BCUT2D eigenvalue weighted by atomic mass is 16.2. The highest BCUT2D eigenvalue weighted by molar-refractivity contribution is 5.76. The Morgan fingerprint density at radius 3 is 3.00 bits per heavy atom. The predicted octanol–water partition coefficient (Wildman–Crippen LogP) is 1.30. The van der Waals surface area contributed by atoms with Crippen LogP contribution in [-0.2, 0) is 17.8 Å². The summed E-state index contributed by atoms with van der Waals surface area (Å²) < 4.78 is 1.58. The average Bonchev–Trinajstić information content (AvgIpc) is 2.47. The molecule has 1 amide bonds. The zero-order chi connectivity index (χ0) is 14.3. The summed E-state index contributed by atoms with van der Waals surface area (Å²) in [6.07, 6.45) is 2.86. The molecule has 20 heavy (non-hydrogen) atoms. The minimum Gasteiger partial charge on any atom is -0.338 e. The monoisotopic (exact) mass is 271 g/mol. The van der Waals surface area contributed by atoms with Crippen LogP contribution in [0, 0.1) is 6.92 Å². The van der Waals surface area contributed by atoms with E-state index in [0.29, 0.717) is 37.1 Å². The molecule has 0 aromatic carbocycles. The third kappa shape index (κ3) is 1.90. The van der Waals surface area contributed by atoms with E-state index in [-0.39, 0.29) is 11.5 Å². The van der Waals surface area contributed by atoms with Crippen molar-refractivity contribution in [2.45, 2.75) is 33.2 Å². The summed E-state index contributed by atoms with van der Waals surface area (Å²) in [5.41, 5.74) is 3.14. The van der Waals surface area contributed by atoms with Gasteiger partial charge < -0.3 is 4.90 Å². The second-order valence-electron chi connectivity index (χ2n) is 5.15. The van der Waals surface area contributed by atoms with Crippen LogP contribution < -0.4 is 5.56 Å². The fraction of sp³-hybridized carbons (Fsp3) is 0.400. The Morgan fingerprint density at radius 2 is 2.25 bits per heavy atom. The molecular weight excluding hydrogens is 254 g/mol. The number of pyridine rings is 1.